The largest absolute Gasteiger partial charge is 0.360 e. The normalized spacial score (nSPS) is 10.6. The van der Waals surface area contributed by atoms with Crippen molar-refractivity contribution >= 4 is 34.1 Å². The number of hydrogen-bond donors (Lipinski definition) is 3. The van der Waals surface area contributed by atoms with Crippen molar-refractivity contribution < 1.29 is 9.59 Å². The Morgan fingerprint density at radius 1 is 0.846 bits per heavy atom. The number of para-hydroxylation sites is 1. The molecule has 0 saturated carbocycles. The molecule has 5 nitrogen and oxygen atoms in total. The van der Waals surface area contributed by atoms with Gasteiger partial charge in [-0.25, -0.2) is 0 Å². The van der Waals surface area contributed by atoms with Crippen LogP contribution in [0.25, 0.3) is 22.0 Å². The first kappa shape index (κ1) is 16.1. The second kappa shape index (κ2) is 6.85. The Morgan fingerprint density at radius 2 is 1.58 bits per heavy atom. The van der Waals surface area contributed by atoms with Gasteiger partial charge in [0.25, 0.3) is 11.8 Å². The van der Waals surface area contributed by atoms with Crippen LogP contribution in [0.15, 0.2) is 72.2 Å². The van der Waals surface area contributed by atoms with Crippen LogP contribution < -0.4 is 10.9 Å². The van der Waals surface area contributed by atoms with Gasteiger partial charge in [-0.2, -0.15) is 0 Å². The maximum atomic E-state index is 12.5. The van der Waals surface area contributed by atoms with Gasteiger partial charge in [-0.05, 0) is 23.1 Å². The van der Waals surface area contributed by atoms with Crippen molar-refractivity contribution in [2.24, 2.45) is 0 Å². The van der Waals surface area contributed by atoms with Gasteiger partial charge < -0.3 is 4.98 Å². The topological polar surface area (TPSA) is 74.0 Å². The summed E-state index contributed by atoms with van der Waals surface area (Å²) < 4.78 is 0. The van der Waals surface area contributed by atoms with Crippen molar-refractivity contribution in [1.29, 1.82) is 0 Å². The smallest absolute Gasteiger partial charge is 0.280 e. The van der Waals surface area contributed by atoms with E-state index in [2.05, 4.69) is 15.8 Å². The van der Waals surface area contributed by atoms with Crippen LogP contribution >= 0.6 is 11.3 Å². The molecule has 4 rings (SSSR count). The van der Waals surface area contributed by atoms with Crippen LogP contribution in [0, 0.1) is 0 Å². The van der Waals surface area contributed by atoms with Crippen LogP contribution in [0.3, 0.4) is 0 Å². The third-order valence-electron chi connectivity index (χ3n) is 4.08. The second-order valence-corrected chi connectivity index (χ2v) is 6.60. The number of thiophene rings is 1. The van der Waals surface area contributed by atoms with Crippen LogP contribution in [0.5, 0.6) is 0 Å². The van der Waals surface area contributed by atoms with E-state index in [9.17, 15) is 9.59 Å². The van der Waals surface area contributed by atoms with E-state index in [1.54, 1.807) is 6.20 Å². The molecule has 26 heavy (non-hydrogen) atoms. The number of nitrogens with one attached hydrogen (secondary N) is 3. The van der Waals surface area contributed by atoms with Crippen molar-refractivity contribution in [2.45, 2.75) is 0 Å². The molecule has 6 heteroatoms. The Balaban J connectivity index is 1.50. The summed E-state index contributed by atoms with van der Waals surface area (Å²) in [7, 11) is 0. The molecule has 3 N–H and O–H groups in total. The molecule has 2 amide bonds. The lowest BCUT2D eigenvalue weighted by Gasteiger charge is -2.08. The van der Waals surface area contributed by atoms with E-state index < -0.39 is 0 Å². The Kier molecular flexibility index (Phi) is 4.25. The van der Waals surface area contributed by atoms with Crippen molar-refractivity contribution in [3.05, 3.63) is 82.7 Å². The summed E-state index contributed by atoms with van der Waals surface area (Å²) in [4.78, 5) is 28.5. The first-order valence-corrected chi connectivity index (χ1v) is 8.92. The number of hydrazine groups is 1. The number of carbonyl (C=O) groups excluding carboxylic acids is 2. The number of benzene rings is 2. The number of amides is 2. The van der Waals surface area contributed by atoms with E-state index in [-0.39, 0.29) is 11.8 Å². The highest BCUT2D eigenvalue weighted by atomic mass is 32.1. The average Bonchev–Trinajstić information content (AvgIpc) is 3.33. The number of fused-ring (bicyclic) bond motifs is 1. The molecule has 2 aromatic heterocycles. The Morgan fingerprint density at radius 3 is 2.42 bits per heavy atom. The first-order valence-electron chi connectivity index (χ1n) is 8.04. The van der Waals surface area contributed by atoms with Gasteiger partial charge in [0.15, 0.2) is 0 Å². The van der Waals surface area contributed by atoms with Crippen LogP contribution in [-0.2, 0) is 0 Å². The number of carbonyl (C=O) groups is 2. The number of aromatic nitrogens is 1. The van der Waals surface area contributed by atoms with E-state index in [1.165, 1.54) is 11.3 Å². The Hall–Kier alpha value is -3.38. The second-order valence-electron chi connectivity index (χ2n) is 5.69. The minimum absolute atomic E-state index is 0.341. The summed E-state index contributed by atoms with van der Waals surface area (Å²) in [5.74, 6) is -0.708. The summed E-state index contributed by atoms with van der Waals surface area (Å²) >= 11 is 1.33. The molecule has 128 valence electrons. The maximum absolute atomic E-state index is 12.5. The quantitative estimate of drug-likeness (QED) is 0.483. The highest BCUT2D eigenvalue weighted by Gasteiger charge is 2.17. The number of hydrogen-bond acceptors (Lipinski definition) is 3. The van der Waals surface area contributed by atoms with E-state index in [0.717, 1.165) is 22.0 Å². The number of rotatable bonds is 3. The molecule has 0 saturated heterocycles. The maximum Gasteiger partial charge on any atom is 0.280 e. The van der Waals surface area contributed by atoms with Gasteiger partial charge in [-0.15, -0.1) is 11.3 Å². The van der Waals surface area contributed by atoms with Gasteiger partial charge in [-0.3, -0.25) is 20.4 Å². The minimum atomic E-state index is -0.367. The van der Waals surface area contributed by atoms with Gasteiger partial charge in [0, 0.05) is 22.7 Å². The molecule has 0 aliphatic carbocycles. The van der Waals surface area contributed by atoms with E-state index in [1.807, 2.05) is 66.0 Å². The molecule has 2 aromatic carbocycles. The molecule has 0 radical (unpaired) electrons. The molecular formula is C20H15N3O2S. The van der Waals surface area contributed by atoms with Crippen molar-refractivity contribution in [2.75, 3.05) is 0 Å². The standard InChI is InChI=1S/C20H15N3O2S/c24-19(16-12-21-17-9-5-4-8-15(16)17)22-23-20(25)18-14(10-11-26-18)13-6-2-1-3-7-13/h1-12,21H,(H,22,24)(H,23,25). The van der Waals surface area contributed by atoms with Crippen LogP contribution in [0.1, 0.15) is 20.0 Å². The van der Waals surface area contributed by atoms with Gasteiger partial charge in [-0.1, -0.05) is 48.5 Å². The van der Waals surface area contributed by atoms with E-state index in [4.69, 9.17) is 0 Å². The molecule has 4 aromatic rings. The molecule has 0 spiro atoms. The van der Waals surface area contributed by atoms with Crippen LogP contribution in [0.4, 0.5) is 0 Å². The first-order chi connectivity index (χ1) is 12.7. The number of H-pyrrole nitrogens is 1. The Bertz CT molecular complexity index is 1080. The lowest BCUT2D eigenvalue weighted by molar-refractivity contribution is 0.0850. The highest BCUT2D eigenvalue weighted by Crippen LogP contribution is 2.28. The van der Waals surface area contributed by atoms with Crippen LogP contribution in [0.2, 0.25) is 0 Å². The summed E-state index contributed by atoms with van der Waals surface area (Å²) in [6.45, 7) is 0. The van der Waals surface area contributed by atoms with E-state index >= 15 is 0 Å². The predicted molar refractivity (Wildman–Crippen MR) is 103 cm³/mol. The molecule has 0 atom stereocenters. The van der Waals surface area contributed by atoms with Crippen molar-refractivity contribution in [3.8, 4) is 11.1 Å². The zero-order chi connectivity index (χ0) is 17.9. The molecule has 0 unspecified atom stereocenters. The molecule has 2 heterocycles. The molecular weight excluding hydrogens is 346 g/mol. The summed E-state index contributed by atoms with van der Waals surface area (Å²) in [6.07, 6.45) is 1.63. The monoisotopic (exact) mass is 361 g/mol. The SMILES string of the molecule is O=C(NNC(=O)c1c[nH]c2ccccc12)c1sccc1-c1ccccc1. The van der Waals surface area contributed by atoms with Gasteiger partial charge in [0.1, 0.15) is 4.88 Å². The van der Waals surface area contributed by atoms with Gasteiger partial charge in [0.05, 0.1) is 5.56 Å². The lowest BCUT2D eigenvalue weighted by Crippen LogP contribution is -2.41. The third kappa shape index (κ3) is 2.98. The zero-order valence-electron chi connectivity index (χ0n) is 13.7. The minimum Gasteiger partial charge on any atom is -0.360 e. The van der Waals surface area contributed by atoms with Gasteiger partial charge in [0.2, 0.25) is 0 Å². The predicted octanol–water partition coefficient (Wildman–Crippen LogP) is 3.97. The third-order valence-corrected chi connectivity index (χ3v) is 4.99. The molecule has 0 aliphatic rings. The fourth-order valence-corrected chi connectivity index (χ4v) is 3.64. The fraction of sp³-hybridized carbons (Fsp3) is 0. The van der Waals surface area contributed by atoms with Gasteiger partial charge >= 0.3 is 0 Å². The zero-order valence-corrected chi connectivity index (χ0v) is 14.5. The molecule has 0 fully saturated rings. The molecule has 0 aliphatic heterocycles. The van der Waals surface area contributed by atoms with Crippen molar-refractivity contribution in [3.63, 3.8) is 0 Å². The Labute approximate surface area is 153 Å². The number of aromatic amines is 1. The van der Waals surface area contributed by atoms with Crippen LogP contribution in [-0.4, -0.2) is 16.8 Å². The summed E-state index contributed by atoms with van der Waals surface area (Å²) in [5.41, 5.74) is 8.15. The highest BCUT2D eigenvalue weighted by molar-refractivity contribution is 7.12. The average molecular weight is 361 g/mol. The summed E-state index contributed by atoms with van der Waals surface area (Å²) in [5, 5.41) is 2.67. The van der Waals surface area contributed by atoms with Crippen molar-refractivity contribution in [1.82, 2.24) is 15.8 Å². The summed E-state index contributed by atoms with van der Waals surface area (Å²) in [6, 6.07) is 19.1. The fourth-order valence-electron chi connectivity index (χ4n) is 2.83. The van der Waals surface area contributed by atoms with E-state index in [0.29, 0.717) is 10.4 Å². The molecule has 0 bridgehead atoms. The lowest BCUT2D eigenvalue weighted by atomic mass is 10.1.